The van der Waals surface area contributed by atoms with Crippen molar-refractivity contribution in [3.8, 4) is 0 Å². The lowest BCUT2D eigenvalue weighted by molar-refractivity contribution is -0.315. The Labute approximate surface area is 155 Å². The van der Waals surface area contributed by atoms with Crippen LogP contribution < -0.4 is 5.11 Å². The molecule has 3 fully saturated rings. The summed E-state index contributed by atoms with van der Waals surface area (Å²) in [7, 11) is 0. The number of carbonyl (C=O) groups excluding carboxylic acids is 1. The maximum Gasteiger partial charge on any atom is 0.0972 e. The molecule has 0 aromatic heterocycles. The molecule has 0 aromatic carbocycles. The first-order chi connectivity index (χ1) is 12.1. The Morgan fingerprint density at radius 2 is 1.81 bits per heavy atom. The normalized spacial score (nSPS) is 51.4. The fourth-order valence-corrected chi connectivity index (χ4v) is 6.69. The molecule has 6 nitrogen and oxygen atoms in total. The molecule has 2 aliphatic carbocycles. The van der Waals surface area contributed by atoms with Gasteiger partial charge in [0, 0.05) is 23.2 Å². The third kappa shape index (κ3) is 2.56. The van der Waals surface area contributed by atoms with Crippen molar-refractivity contribution < 1.29 is 30.0 Å². The minimum absolute atomic E-state index is 0.0803. The van der Waals surface area contributed by atoms with E-state index in [1.165, 1.54) is 0 Å². The predicted octanol–water partition coefficient (Wildman–Crippen LogP) is 0.612. The average Bonchev–Trinajstić information content (AvgIpc) is 2.98. The molecule has 6 heteroatoms. The van der Waals surface area contributed by atoms with Crippen molar-refractivity contribution in [2.45, 2.75) is 83.0 Å². The van der Waals surface area contributed by atoms with Crippen LogP contribution in [0.3, 0.4) is 0 Å². The van der Waals surface area contributed by atoms with Crippen molar-refractivity contribution in [3.05, 3.63) is 0 Å². The van der Waals surface area contributed by atoms with E-state index in [4.69, 9.17) is 4.74 Å². The number of hydrogen-bond donors (Lipinski definition) is 3. The van der Waals surface area contributed by atoms with Gasteiger partial charge in [0.2, 0.25) is 0 Å². The predicted molar refractivity (Wildman–Crippen MR) is 92.9 cm³/mol. The molecule has 0 radical (unpaired) electrons. The van der Waals surface area contributed by atoms with E-state index in [0.717, 1.165) is 19.3 Å². The Morgan fingerprint density at radius 3 is 2.38 bits per heavy atom. The summed E-state index contributed by atoms with van der Waals surface area (Å²) in [4.78, 5) is 11.3. The highest BCUT2D eigenvalue weighted by atomic mass is 16.5. The van der Waals surface area contributed by atoms with Crippen molar-refractivity contribution in [1.82, 2.24) is 0 Å². The first-order valence-electron chi connectivity index (χ1n) is 9.89. The molecule has 0 amide bonds. The molecule has 7 atom stereocenters. The van der Waals surface area contributed by atoms with E-state index in [2.05, 4.69) is 13.8 Å². The maximum atomic E-state index is 11.3. The van der Waals surface area contributed by atoms with Gasteiger partial charge < -0.3 is 30.0 Å². The van der Waals surface area contributed by atoms with Crippen molar-refractivity contribution >= 4 is 5.97 Å². The highest BCUT2D eigenvalue weighted by Gasteiger charge is 2.68. The molecular weight excluding hydrogens is 336 g/mol. The number of aliphatic carboxylic acids is 1. The van der Waals surface area contributed by atoms with Crippen LogP contribution in [0.15, 0.2) is 0 Å². The largest absolute Gasteiger partial charge is 0.550 e. The van der Waals surface area contributed by atoms with Crippen LogP contribution in [0.25, 0.3) is 0 Å². The van der Waals surface area contributed by atoms with Crippen LogP contribution in [0.2, 0.25) is 0 Å². The first kappa shape index (κ1) is 20.1. The topological polar surface area (TPSA) is 110 Å². The Morgan fingerprint density at radius 1 is 1.12 bits per heavy atom. The molecule has 1 aliphatic heterocycles. The van der Waals surface area contributed by atoms with Gasteiger partial charge in [-0.1, -0.05) is 20.8 Å². The average molecular weight is 369 g/mol. The molecule has 1 heterocycles. The monoisotopic (exact) mass is 369 g/mol. The van der Waals surface area contributed by atoms with Gasteiger partial charge in [-0.2, -0.15) is 0 Å². The summed E-state index contributed by atoms with van der Waals surface area (Å²) in [5, 5.41) is 41.9. The molecule has 3 rings (SSSR count). The highest BCUT2D eigenvalue weighted by molar-refractivity contribution is 5.66. The summed E-state index contributed by atoms with van der Waals surface area (Å²) in [5.41, 5.74) is -2.53. The Kier molecular flexibility index (Phi) is 4.96. The summed E-state index contributed by atoms with van der Waals surface area (Å²) in [5.74, 6) is -0.907. The van der Waals surface area contributed by atoms with Gasteiger partial charge in [0.05, 0.1) is 30.5 Å². The maximum absolute atomic E-state index is 11.3. The Balaban J connectivity index is 2.02. The second kappa shape index (κ2) is 6.43. The number of hydrogen-bond acceptors (Lipinski definition) is 6. The molecule has 1 spiro atoms. The summed E-state index contributed by atoms with van der Waals surface area (Å²) in [6.45, 7) is 5.87. The quantitative estimate of drug-likeness (QED) is 0.670. The van der Waals surface area contributed by atoms with E-state index in [1.54, 1.807) is 0 Å². The fraction of sp³-hybridized carbons (Fsp3) is 0.950. The van der Waals surface area contributed by atoms with Crippen LogP contribution in [0.4, 0.5) is 0 Å². The number of carbonyl (C=O) groups is 1. The van der Waals surface area contributed by atoms with Gasteiger partial charge in [-0.25, -0.2) is 0 Å². The van der Waals surface area contributed by atoms with Gasteiger partial charge >= 0.3 is 0 Å². The lowest BCUT2D eigenvalue weighted by atomic mass is 9.43. The zero-order valence-corrected chi connectivity index (χ0v) is 16.2. The van der Waals surface area contributed by atoms with Crippen LogP contribution in [-0.2, 0) is 9.53 Å². The number of aliphatic hydroxyl groups is 3. The molecular formula is C20H33O6-. The third-order valence-electron chi connectivity index (χ3n) is 8.36. The van der Waals surface area contributed by atoms with Crippen LogP contribution in [0.5, 0.6) is 0 Å². The zero-order valence-electron chi connectivity index (χ0n) is 16.2. The standard InChI is InChI=1S/C20H34O6/c1-13-4-5-14-17(2,11-21)15(23)6-7-18(14,3)20(13)9-8-19(12-22,26-20)10-16(24)25/h13-15,21-23H,4-12H2,1-3H3,(H,24,25)/p-1/t13-,14+,15+,17+,18+,19+,20-/m1/s1. The van der Waals surface area contributed by atoms with Crippen LogP contribution >= 0.6 is 0 Å². The number of carboxylic acids is 1. The van der Waals surface area contributed by atoms with Gasteiger partial charge in [-0.3, -0.25) is 0 Å². The lowest BCUT2D eigenvalue weighted by Gasteiger charge is -2.65. The van der Waals surface area contributed by atoms with Crippen molar-refractivity contribution in [2.24, 2.45) is 22.7 Å². The lowest BCUT2D eigenvalue weighted by Crippen LogP contribution is -2.66. The summed E-state index contributed by atoms with van der Waals surface area (Å²) >= 11 is 0. The number of aliphatic hydroxyl groups excluding tert-OH is 3. The smallest absolute Gasteiger partial charge is 0.0972 e. The molecule has 1 saturated heterocycles. The van der Waals surface area contributed by atoms with Gasteiger partial charge in [-0.05, 0) is 50.4 Å². The number of rotatable bonds is 4. The van der Waals surface area contributed by atoms with Crippen molar-refractivity contribution in [2.75, 3.05) is 13.2 Å². The molecule has 3 aliphatic rings. The third-order valence-corrected chi connectivity index (χ3v) is 8.36. The molecule has 26 heavy (non-hydrogen) atoms. The van der Waals surface area contributed by atoms with Crippen molar-refractivity contribution in [3.63, 3.8) is 0 Å². The Hall–Kier alpha value is -0.690. The number of fused-ring (bicyclic) bond motifs is 2. The zero-order chi connectivity index (χ0) is 19.4. The van der Waals surface area contributed by atoms with Crippen LogP contribution in [0.1, 0.15) is 65.7 Å². The second-order valence-corrected chi connectivity index (χ2v) is 9.55. The van der Waals surface area contributed by atoms with E-state index in [9.17, 15) is 25.2 Å². The second-order valence-electron chi connectivity index (χ2n) is 9.55. The first-order valence-corrected chi connectivity index (χ1v) is 9.89. The molecule has 150 valence electrons. The van der Waals surface area contributed by atoms with Gasteiger partial charge in [-0.15, -0.1) is 0 Å². The minimum Gasteiger partial charge on any atom is -0.550 e. The van der Waals surface area contributed by atoms with E-state index in [1.807, 2.05) is 6.92 Å². The summed E-state index contributed by atoms with van der Waals surface area (Å²) in [6.07, 6.45) is 3.48. The molecule has 0 unspecified atom stereocenters. The molecule has 3 N–H and O–H groups in total. The van der Waals surface area contributed by atoms with E-state index in [-0.39, 0.29) is 36.9 Å². The highest BCUT2D eigenvalue weighted by Crippen LogP contribution is 2.67. The molecule has 2 saturated carbocycles. The molecule has 0 bridgehead atoms. The molecule has 0 aromatic rings. The SMILES string of the molecule is C[C@@H]1CC[C@H]2[C@](C)(CO)[C@@H](O)CC[C@]2(C)[C@@]12CC[C@@](CO)(CC(=O)[O-])O2. The number of carboxylic acid groups (broad SMARTS) is 1. The Bertz CT molecular complexity index is 567. The van der Waals surface area contributed by atoms with Crippen LogP contribution in [-0.4, -0.2) is 51.8 Å². The van der Waals surface area contributed by atoms with Gasteiger partial charge in [0.25, 0.3) is 0 Å². The van der Waals surface area contributed by atoms with E-state index in [0.29, 0.717) is 19.3 Å². The van der Waals surface area contributed by atoms with Gasteiger partial charge in [0.15, 0.2) is 0 Å². The van der Waals surface area contributed by atoms with E-state index < -0.39 is 28.7 Å². The van der Waals surface area contributed by atoms with E-state index >= 15 is 0 Å². The minimum atomic E-state index is -1.21. The summed E-state index contributed by atoms with van der Waals surface area (Å²) in [6, 6.07) is 0. The van der Waals surface area contributed by atoms with Gasteiger partial charge in [0.1, 0.15) is 0 Å². The fourth-order valence-electron chi connectivity index (χ4n) is 6.69. The summed E-state index contributed by atoms with van der Waals surface area (Å²) < 4.78 is 6.56. The number of ether oxygens (including phenoxy) is 1. The van der Waals surface area contributed by atoms with Crippen molar-refractivity contribution in [1.29, 1.82) is 0 Å². The van der Waals surface area contributed by atoms with Crippen LogP contribution in [0, 0.1) is 22.7 Å².